The van der Waals surface area contributed by atoms with Crippen LogP contribution < -0.4 is 0 Å². The quantitative estimate of drug-likeness (QED) is 0.416. The van der Waals surface area contributed by atoms with Gasteiger partial charge in [-0.05, 0) is 67.8 Å². The van der Waals surface area contributed by atoms with E-state index in [4.69, 9.17) is 0 Å². The maximum Gasteiger partial charge on any atom is 0.0159 e. The van der Waals surface area contributed by atoms with Crippen molar-refractivity contribution in [1.29, 1.82) is 0 Å². The lowest BCUT2D eigenvalue weighted by Gasteiger charge is -2.23. The van der Waals surface area contributed by atoms with Crippen LogP contribution in [0.5, 0.6) is 0 Å². The van der Waals surface area contributed by atoms with E-state index < -0.39 is 0 Å². The number of benzene rings is 3. The van der Waals surface area contributed by atoms with Crippen molar-refractivity contribution in [2.45, 2.75) is 38.5 Å². The highest BCUT2D eigenvalue weighted by molar-refractivity contribution is 5.90. The standard InChI is InChI=1S/C30H28/c1-7-10-25-19(2)22-15-13-20(17-27(22)29(25,3)4)21-14-16-24-23-11-8-9-12-26(23)30(5,6)28(24)18-21/h7-18H,1-2H2,3-6H3/b25-10+. The Morgan fingerprint density at radius 2 is 1.23 bits per heavy atom. The summed E-state index contributed by atoms with van der Waals surface area (Å²) >= 11 is 0. The first kappa shape index (κ1) is 18.9. The monoisotopic (exact) mass is 388 g/mol. The molecule has 148 valence electrons. The van der Waals surface area contributed by atoms with Crippen LogP contribution in [0, 0.1) is 0 Å². The fourth-order valence-electron chi connectivity index (χ4n) is 5.48. The first-order valence-corrected chi connectivity index (χ1v) is 10.7. The Balaban J connectivity index is 1.65. The van der Waals surface area contributed by atoms with E-state index in [-0.39, 0.29) is 10.8 Å². The van der Waals surface area contributed by atoms with Gasteiger partial charge < -0.3 is 0 Å². The summed E-state index contributed by atoms with van der Waals surface area (Å²) in [5.74, 6) is 0. The summed E-state index contributed by atoms with van der Waals surface area (Å²) in [7, 11) is 0. The third-order valence-electron chi connectivity index (χ3n) is 7.22. The number of hydrogen-bond donors (Lipinski definition) is 0. The predicted octanol–water partition coefficient (Wildman–Crippen LogP) is 8.08. The molecule has 0 saturated heterocycles. The van der Waals surface area contributed by atoms with Gasteiger partial charge in [0.1, 0.15) is 0 Å². The van der Waals surface area contributed by atoms with E-state index >= 15 is 0 Å². The van der Waals surface area contributed by atoms with Crippen LogP contribution in [0.25, 0.3) is 27.8 Å². The number of fused-ring (bicyclic) bond motifs is 4. The van der Waals surface area contributed by atoms with Gasteiger partial charge in [0.2, 0.25) is 0 Å². The second-order valence-electron chi connectivity index (χ2n) is 9.61. The van der Waals surface area contributed by atoms with Crippen molar-refractivity contribution in [3.8, 4) is 22.3 Å². The molecule has 0 amide bonds. The number of rotatable bonds is 2. The van der Waals surface area contributed by atoms with Gasteiger partial charge in [0.25, 0.3) is 0 Å². The summed E-state index contributed by atoms with van der Waals surface area (Å²) in [5.41, 5.74) is 13.0. The largest absolute Gasteiger partial charge is 0.0991 e. The molecule has 0 aliphatic heterocycles. The van der Waals surface area contributed by atoms with Gasteiger partial charge in [0, 0.05) is 10.8 Å². The molecule has 0 radical (unpaired) electrons. The van der Waals surface area contributed by atoms with Crippen LogP contribution in [-0.4, -0.2) is 0 Å². The molecule has 5 rings (SSSR count). The molecular formula is C30H28. The Kier molecular flexibility index (Phi) is 3.89. The third-order valence-corrected chi connectivity index (χ3v) is 7.22. The molecule has 0 atom stereocenters. The Labute approximate surface area is 180 Å². The van der Waals surface area contributed by atoms with E-state index in [1.807, 2.05) is 6.08 Å². The van der Waals surface area contributed by atoms with Crippen molar-refractivity contribution in [2.75, 3.05) is 0 Å². The van der Waals surface area contributed by atoms with Crippen LogP contribution in [0.3, 0.4) is 0 Å². The highest BCUT2D eigenvalue weighted by atomic mass is 14.4. The summed E-state index contributed by atoms with van der Waals surface area (Å²) in [6.45, 7) is 17.5. The van der Waals surface area contributed by atoms with Gasteiger partial charge in [-0.15, -0.1) is 0 Å². The smallest absolute Gasteiger partial charge is 0.0159 e. The zero-order chi connectivity index (χ0) is 21.3. The average Bonchev–Trinajstić information content (AvgIpc) is 3.08. The molecule has 0 unspecified atom stereocenters. The minimum atomic E-state index is -0.0666. The number of hydrogen-bond acceptors (Lipinski definition) is 0. The Hall–Kier alpha value is -3.12. The fourth-order valence-corrected chi connectivity index (χ4v) is 5.48. The van der Waals surface area contributed by atoms with Crippen molar-refractivity contribution in [1.82, 2.24) is 0 Å². The zero-order valence-corrected chi connectivity index (χ0v) is 18.3. The molecule has 3 aromatic rings. The van der Waals surface area contributed by atoms with Crippen molar-refractivity contribution in [2.24, 2.45) is 0 Å². The van der Waals surface area contributed by atoms with Gasteiger partial charge in [-0.25, -0.2) is 0 Å². The summed E-state index contributed by atoms with van der Waals surface area (Å²) in [6.07, 6.45) is 3.98. The molecule has 0 bridgehead atoms. The van der Waals surface area contributed by atoms with Crippen LogP contribution in [0.4, 0.5) is 0 Å². The van der Waals surface area contributed by atoms with Gasteiger partial charge in [-0.1, -0.05) is 102 Å². The molecule has 3 aromatic carbocycles. The Morgan fingerprint density at radius 1 is 0.667 bits per heavy atom. The molecule has 0 fully saturated rings. The fraction of sp³-hybridized carbons (Fsp3) is 0.200. The molecule has 0 N–H and O–H groups in total. The van der Waals surface area contributed by atoms with Crippen LogP contribution in [-0.2, 0) is 10.8 Å². The molecule has 0 heteroatoms. The molecule has 30 heavy (non-hydrogen) atoms. The second kappa shape index (κ2) is 6.19. The molecule has 0 aromatic heterocycles. The van der Waals surface area contributed by atoms with Crippen molar-refractivity contribution >= 4 is 5.57 Å². The minimum Gasteiger partial charge on any atom is -0.0991 e. The SMILES string of the molecule is C=C/C=C1\C(=C)c2ccc(-c3ccc4c(c3)C(C)(C)c3ccccc3-4)cc2C1(C)C. The third kappa shape index (κ3) is 2.40. The van der Waals surface area contributed by atoms with Crippen molar-refractivity contribution < 1.29 is 0 Å². The highest BCUT2D eigenvalue weighted by Crippen LogP contribution is 2.51. The lowest BCUT2D eigenvalue weighted by atomic mass is 9.80. The molecule has 0 saturated carbocycles. The van der Waals surface area contributed by atoms with Crippen LogP contribution in [0.15, 0.2) is 91.5 Å². The second-order valence-corrected chi connectivity index (χ2v) is 9.61. The van der Waals surface area contributed by atoms with Gasteiger partial charge in [0.15, 0.2) is 0 Å². The molecular weight excluding hydrogens is 360 g/mol. The van der Waals surface area contributed by atoms with Crippen LogP contribution in [0.2, 0.25) is 0 Å². The van der Waals surface area contributed by atoms with Crippen LogP contribution in [0.1, 0.15) is 49.9 Å². The Bertz CT molecular complexity index is 1260. The molecule has 2 aliphatic rings. The van der Waals surface area contributed by atoms with E-state index in [0.717, 1.165) is 5.57 Å². The van der Waals surface area contributed by atoms with E-state index in [1.165, 1.54) is 50.1 Å². The lowest BCUT2D eigenvalue weighted by molar-refractivity contribution is 0.660. The molecule has 2 aliphatic carbocycles. The van der Waals surface area contributed by atoms with Gasteiger partial charge >= 0.3 is 0 Å². The van der Waals surface area contributed by atoms with Gasteiger partial charge in [-0.3, -0.25) is 0 Å². The lowest BCUT2D eigenvalue weighted by Crippen LogP contribution is -2.15. The summed E-state index contributed by atoms with van der Waals surface area (Å²) in [5, 5.41) is 0. The highest BCUT2D eigenvalue weighted by Gasteiger charge is 2.38. The van der Waals surface area contributed by atoms with Crippen molar-refractivity contribution in [3.05, 3.63) is 114 Å². The topological polar surface area (TPSA) is 0 Å². The molecule has 0 heterocycles. The van der Waals surface area contributed by atoms with Gasteiger partial charge in [-0.2, -0.15) is 0 Å². The maximum atomic E-state index is 4.37. The first-order valence-electron chi connectivity index (χ1n) is 10.7. The maximum absolute atomic E-state index is 4.37. The molecule has 0 spiro atoms. The predicted molar refractivity (Wildman–Crippen MR) is 130 cm³/mol. The van der Waals surface area contributed by atoms with Gasteiger partial charge in [0.05, 0.1) is 0 Å². The van der Waals surface area contributed by atoms with E-state index in [0.29, 0.717) is 0 Å². The summed E-state index contributed by atoms with van der Waals surface area (Å²) in [4.78, 5) is 0. The Morgan fingerprint density at radius 3 is 1.90 bits per heavy atom. The summed E-state index contributed by atoms with van der Waals surface area (Å²) < 4.78 is 0. The van der Waals surface area contributed by atoms with E-state index in [9.17, 15) is 0 Å². The van der Waals surface area contributed by atoms with E-state index in [2.05, 4.69) is 108 Å². The van der Waals surface area contributed by atoms with Crippen LogP contribution >= 0.6 is 0 Å². The minimum absolute atomic E-state index is 0.0199. The molecule has 0 nitrogen and oxygen atoms in total. The van der Waals surface area contributed by atoms with Crippen molar-refractivity contribution in [3.63, 3.8) is 0 Å². The first-order chi connectivity index (χ1) is 14.3. The van der Waals surface area contributed by atoms with E-state index in [1.54, 1.807) is 0 Å². The normalized spacial score (nSPS) is 18.8. The zero-order valence-electron chi connectivity index (χ0n) is 18.3. The number of allylic oxidation sites excluding steroid dienone is 4. The average molecular weight is 389 g/mol. The summed E-state index contributed by atoms with van der Waals surface area (Å²) in [6, 6.07) is 22.6.